The molecule has 0 saturated heterocycles. The molecule has 6 heteroatoms. The molecule has 1 unspecified atom stereocenters. The zero-order valence-corrected chi connectivity index (χ0v) is 12.0. The Bertz CT molecular complexity index is 321. The summed E-state index contributed by atoms with van der Waals surface area (Å²) >= 11 is 0. The molecule has 0 spiro atoms. The van der Waals surface area contributed by atoms with Crippen LogP contribution in [-0.4, -0.2) is 48.5 Å². The van der Waals surface area contributed by atoms with Gasteiger partial charge in [-0.1, -0.05) is 13.3 Å². The van der Waals surface area contributed by atoms with E-state index in [9.17, 15) is 14.7 Å². The summed E-state index contributed by atoms with van der Waals surface area (Å²) in [5.74, 6) is -1.65. The van der Waals surface area contributed by atoms with Crippen LogP contribution in [0.4, 0.5) is 0 Å². The molecular formula is C14H25NO5. The van der Waals surface area contributed by atoms with Crippen LogP contribution in [-0.2, 0) is 14.3 Å². The van der Waals surface area contributed by atoms with Crippen molar-refractivity contribution in [1.29, 1.82) is 0 Å². The van der Waals surface area contributed by atoms with Crippen molar-refractivity contribution in [2.24, 2.45) is 17.8 Å². The number of aliphatic carboxylic acids is 1. The van der Waals surface area contributed by atoms with E-state index in [1.165, 1.54) is 0 Å². The lowest BCUT2D eigenvalue weighted by Crippen LogP contribution is -2.36. The first-order valence-corrected chi connectivity index (χ1v) is 7.29. The molecule has 3 N–H and O–H groups in total. The predicted molar refractivity (Wildman–Crippen MR) is 73.2 cm³/mol. The van der Waals surface area contributed by atoms with Crippen molar-refractivity contribution in [2.75, 3.05) is 26.4 Å². The summed E-state index contributed by atoms with van der Waals surface area (Å²) in [6.45, 7) is 3.28. The van der Waals surface area contributed by atoms with Gasteiger partial charge in [-0.15, -0.1) is 0 Å². The molecular weight excluding hydrogens is 262 g/mol. The van der Waals surface area contributed by atoms with Crippen LogP contribution in [0.5, 0.6) is 0 Å². The molecule has 0 aliphatic heterocycles. The van der Waals surface area contributed by atoms with Gasteiger partial charge in [0.1, 0.15) is 0 Å². The smallest absolute Gasteiger partial charge is 0.307 e. The number of hydrogen-bond donors (Lipinski definition) is 3. The summed E-state index contributed by atoms with van der Waals surface area (Å²) in [5, 5.41) is 20.5. The molecule has 0 aromatic carbocycles. The molecule has 1 saturated carbocycles. The molecule has 0 aromatic rings. The van der Waals surface area contributed by atoms with Gasteiger partial charge in [-0.05, 0) is 25.2 Å². The first kappa shape index (κ1) is 16.9. The van der Waals surface area contributed by atoms with Gasteiger partial charge in [0.2, 0.25) is 5.91 Å². The highest BCUT2D eigenvalue weighted by molar-refractivity contribution is 5.85. The SMILES string of the molecule is CCC1C[C@H](C(=O)NCCCOCCO)[C@H](C(=O)O)C1. The molecule has 1 aliphatic carbocycles. The van der Waals surface area contributed by atoms with E-state index in [-0.39, 0.29) is 12.5 Å². The van der Waals surface area contributed by atoms with Crippen LogP contribution in [0, 0.1) is 17.8 Å². The minimum absolute atomic E-state index is 0.00681. The summed E-state index contributed by atoms with van der Waals surface area (Å²) in [7, 11) is 0. The Morgan fingerprint density at radius 1 is 1.25 bits per heavy atom. The molecule has 116 valence electrons. The number of amides is 1. The van der Waals surface area contributed by atoms with Crippen LogP contribution in [0.15, 0.2) is 0 Å². The molecule has 20 heavy (non-hydrogen) atoms. The Morgan fingerprint density at radius 3 is 2.55 bits per heavy atom. The number of nitrogens with one attached hydrogen (secondary N) is 1. The largest absolute Gasteiger partial charge is 0.481 e. The topological polar surface area (TPSA) is 95.9 Å². The molecule has 0 radical (unpaired) electrons. The monoisotopic (exact) mass is 287 g/mol. The summed E-state index contributed by atoms with van der Waals surface area (Å²) < 4.78 is 5.09. The maximum absolute atomic E-state index is 12.1. The number of rotatable bonds is 9. The molecule has 1 fully saturated rings. The highest BCUT2D eigenvalue weighted by atomic mass is 16.5. The Labute approximate surface area is 119 Å². The van der Waals surface area contributed by atoms with Gasteiger partial charge in [0.25, 0.3) is 0 Å². The number of aliphatic hydroxyl groups excluding tert-OH is 1. The maximum Gasteiger partial charge on any atom is 0.307 e. The minimum Gasteiger partial charge on any atom is -0.481 e. The normalized spacial score (nSPS) is 25.6. The van der Waals surface area contributed by atoms with Crippen molar-refractivity contribution >= 4 is 11.9 Å². The second-order valence-corrected chi connectivity index (χ2v) is 5.28. The van der Waals surface area contributed by atoms with E-state index in [1.807, 2.05) is 6.92 Å². The van der Waals surface area contributed by atoms with Crippen molar-refractivity contribution in [3.8, 4) is 0 Å². The van der Waals surface area contributed by atoms with Gasteiger partial charge >= 0.3 is 5.97 Å². The van der Waals surface area contributed by atoms with Gasteiger partial charge in [-0.25, -0.2) is 0 Å². The lowest BCUT2D eigenvalue weighted by atomic mass is 9.95. The number of aliphatic hydroxyl groups is 1. The molecule has 3 atom stereocenters. The maximum atomic E-state index is 12.1. The van der Waals surface area contributed by atoms with Crippen molar-refractivity contribution in [3.05, 3.63) is 0 Å². The molecule has 0 aromatic heterocycles. The minimum atomic E-state index is -0.868. The predicted octanol–water partition coefficient (Wildman–Crippen LogP) is 0.639. The third-order valence-corrected chi connectivity index (χ3v) is 3.89. The lowest BCUT2D eigenvalue weighted by molar-refractivity contribution is -0.146. The average molecular weight is 287 g/mol. The lowest BCUT2D eigenvalue weighted by Gasteiger charge is -2.15. The van der Waals surface area contributed by atoms with Gasteiger partial charge in [0, 0.05) is 13.2 Å². The molecule has 0 bridgehead atoms. The Hall–Kier alpha value is -1.14. The second-order valence-electron chi connectivity index (χ2n) is 5.28. The van der Waals surface area contributed by atoms with E-state index in [2.05, 4.69) is 5.32 Å². The Kier molecular flexibility index (Phi) is 7.54. The highest BCUT2D eigenvalue weighted by Crippen LogP contribution is 2.38. The molecule has 6 nitrogen and oxygen atoms in total. The fourth-order valence-electron chi connectivity index (χ4n) is 2.72. The Balaban J connectivity index is 2.32. The average Bonchev–Trinajstić information content (AvgIpc) is 2.87. The standard InChI is InChI=1S/C14H25NO5/c1-2-10-8-11(12(9-10)14(18)19)13(17)15-4-3-6-20-7-5-16/h10-12,16H,2-9H2,1H3,(H,15,17)(H,18,19)/t10?,11-,12+/m0/s1. The van der Waals surface area contributed by atoms with Gasteiger partial charge in [-0.3, -0.25) is 9.59 Å². The zero-order valence-electron chi connectivity index (χ0n) is 12.0. The summed E-state index contributed by atoms with van der Waals surface area (Å²) in [4.78, 5) is 23.3. The van der Waals surface area contributed by atoms with Gasteiger partial charge in [0.15, 0.2) is 0 Å². The van der Waals surface area contributed by atoms with Crippen LogP contribution >= 0.6 is 0 Å². The highest BCUT2D eigenvalue weighted by Gasteiger charge is 2.41. The van der Waals surface area contributed by atoms with Crippen molar-refractivity contribution in [1.82, 2.24) is 5.32 Å². The van der Waals surface area contributed by atoms with Gasteiger partial charge in [-0.2, -0.15) is 0 Å². The van der Waals surface area contributed by atoms with E-state index < -0.39 is 17.8 Å². The number of carbonyl (C=O) groups is 2. The van der Waals surface area contributed by atoms with E-state index in [0.29, 0.717) is 44.9 Å². The third kappa shape index (κ3) is 5.09. The third-order valence-electron chi connectivity index (χ3n) is 3.89. The second kappa shape index (κ2) is 8.92. The fraction of sp³-hybridized carbons (Fsp3) is 0.857. The molecule has 1 aliphatic rings. The first-order valence-electron chi connectivity index (χ1n) is 7.29. The number of carbonyl (C=O) groups excluding carboxylic acids is 1. The van der Waals surface area contributed by atoms with E-state index in [1.54, 1.807) is 0 Å². The van der Waals surface area contributed by atoms with Gasteiger partial charge in [0.05, 0.1) is 25.0 Å². The van der Waals surface area contributed by atoms with Crippen LogP contribution in [0.2, 0.25) is 0 Å². The van der Waals surface area contributed by atoms with E-state index in [0.717, 1.165) is 6.42 Å². The van der Waals surface area contributed by atoms with E-state index in [4.69, 9.17) is 9.84 Å². The molecule has 0 heterocycles. The number of hydrogen-bond acceptors (Lipinski definition) is 4. The van der Waals surface area contributed by atoms with Crippen LogP contribution < -0.4 is 5.32 Å². The summed E-state index contributed by atoms with van der Waals surface area (Å²) in [6, 6.07) is 0. The van der Waals surface area contributed by atoms with Crippen molar-refractivity contribution in [2.45, 2.75) is 32.6 Å². The zero-order chi connectivity index (χ0) is 15.0. The van der Waals surface area contributed by atoms with Crippen LogP contribution in [0.25, 0.3) is 0 Å². The number of ether oxygens (including phenoxy) is 1. The summed E-state index contributed by atoms with van der Waals surface area (Å²) in [5.41, 5.74) is 0. The van der Waals surface area contributed by atoms with Crippen LogP contribution in [0.1, 0.15) is 32.6 Å². The summed E-state index contributed by atoms with van der Waals surface area (Å²) in [6.07, 6.45) is 2.85. The fourth-order valence-corrected chi connectivity index (χ4v) is 2.72. The van der Waals surface area contributed by atoms with Crippen LogP contribution in [0.3, 0.4) is 0 Å². The Morgan fingerprint density at radius 2 is 1.95 bits per heavy atom. The quantitative estimate of drug-likeness (QED) is 0.541. The molecule has 1 rings (SSSR count). The van der Waals surface area contributed by atoms with Gasteiger partial charge < -0.3 is 20.3 Å². The van der Waals surface area contributed by atoms with E-state index >= 15 is 0 Å². The first-order chi connectivity index (χ1) is 9.60. The molecule has 1 amide bonds. The van der Waals surface area contributed by atoms with Crippen molar-refractivity contribution in [3.63, 3.8) is 0 Å². The number of carboxylic acid groups (broad SMARTS) is 1. The number of carboxylic acids is 1. The van der Waals surface area contributed by atoms with Crippen molar-refractivity contribution < 1.29 is 24.5 Å².